The number of rotatable bonds is 8. The number of anilines is 1. The number of halogens is 1. The summed E-state index contributed by atoms with van der Waals surface area (Å²) in [5.41, 5.74) is 6.06. The zero-order chi connectivity index (χ0) is 16.5. The maximum atomic E-state index is 5.74. The van der Waals surface area contributed by atoms with Crippen molar-refractivity contribution in [1.29, 1.82) is 0 Å². The Morgan fingerprint density at radius 2 is 1.71 bits per heavy atom. The highest BCUT2D eigenvalue weighted by Gasteiger charge is 2.00. The number of para-hydroxylation sites is 1. The van der Waals surface area contributed by atoms with Gasteiger partial charge in [-0.25, -0.2) is 0 Å². The Labute approximate surface area is 150 Å². The van der Waals surface area contributed by atoms with Crippen LogP contribution in [0.4, 0.5) is 5.69 Å². The van der Waals surface area contributed by atoms with Crippen molar-refractivity contribution in [2.45, 2.75) is 13.3 Å². The molecule has 24 heavy (non-hydrogen) atoms. The Bertz CT molecular complexity index is 612. The number of hydrazone groups is 1. The van der Waals surface area contributed by atoms with Gasteiger partial charge in [0.2, 0.25) is 0 Å². The summed E-state index contributed by atoms with van der Waals surface area (Å²) in [6, 6.07) is 18.0. The highest BCUT2D eigenvalue weighted by atomic mass is 35.5. The SMILES string of the molecule is C/C(=N\Nc1ccccc1)c1ccc(OCCCN(C)C)cc1.Cl. The Morgan fingerprint density at radius 3 is 2.33 bits per heavy atom. The van der Waals surface area contributed by atoms with Gasteiger partial charge in [-0.15, -0.1) is 12.4 Å². The molecule has 0 aliphatic carbocycles. The van der Waals surface area contributed by atoms with Gasteiger partial charge >= 0.3 is 0 Å². The maximum absolute atomic E-state index is 5.74. The van der Waals surface area contributed by atoms with Gasteiger partial charge in [-0.3, -0.25) is 5.43 Å². The van der Waals surface area contributed by atoms with E-state index in [1.54, 1.807) is 0 Å². The summed E-state index contributed by atoms with van der Waals surface area (Å²) in [6.45, 7) is 3.76. The minimum Gasteiger partial charge on any atom is -0.494 e. The van der Waals surface area contributed by atoms with Crippen molar-refractivity contribution in [2.75, 3.05) is 32.7 Å². The molecule has 130 valence electrons. The largest absolute Gasteiger partial charge is 0.494 e. The van der Waals surface area contributed by atoms with Crippen LogP contribution in [0.5, 0.6) is 5.75 Å². The predicted octanol–water partition coefficient (Wildman–Crippen LogP) is 4.28. The van der Waals surface area contributed by atoms with Crippen molar-refractivity contribution in [3.8, 4) is 5.75 Å². The molecule has 0 aromatic heterocycles. The van der Waals surface area contributed by atoms with Gasteiger partial charge in [0.1, 0.15) is 5.75 Å². The normalized spacial score (nSPS) is 11.1. The van der Waals surface area contributed by atoms with Crippen LogP contribution in [0.25, 0.3) is 0 Å². The molecule has 0 fully saturated rings. The van der Waals surface area contributed by atoms with E-state index in [4.69, 9.17) is 4.74 Å². The van der Waals surface area contributed by atoms with Crippen LogP contribution in [-0.2, 0) is 0 Å². The van der Waals surface area contributed by atoms with Crippen molar-refractivity contribution in [1.82, 2.24) is 4.90 Å². The summed E-state index contributed by atoms with van der Waals surface area (Å²) >= 11 is 0. The van der Waals surface area contributed by atoms with Crippen LogP contribution in [0.3, 0.4) is 0 Å². The fourth-order valence-corrected chi connectivity index (χ4v) is 2.09. The first-order valence-corrected chi connectivity index (χ1v) is 7.88. The smallest absolute Gasteiger partial charge is 0.119 e. The third kappa shape index (κ3) is 7.02. The lowest BCUT2D eigenvalue weighted by molar-refractivity contribution is 0.281. The van der Waals surface area contributed by atoms with E-state index in [-0.39, 0.29) is 12.4 Å². The second kappa shape index (κ2) is 10.7. The van der Waals surface area contributed by atoms with Crippen LogP contribution in [0.15, 0.2) is 59.7 Å². The van der Waals surface area contributed by atoms with Crippen LogP contribution in [-0.4, -0.2) is 37.9 Å². The molecule has 0 unspecified atom stereocenters. The lowest BCUT2D eigenvalue weighted by atomic mass is 10.1. The highest BCUT2D eigenvalue weighted by molar-refractivity contribution is 5.99. The molecule has 2 aromatic carbocycles. The minimum absolute atomic E-state index is 0. The van der Waals surface area contributed by atoms with Crippen molar-refractivity contribution < 1.29 is 4.74 Å². The first kappa shape index (κ1) is 20.0. The molecule has 0 heterocycles. The maximum Gasteiger partial charge on any atom is 0.119 e. The average Bonchev–Trinajstić information content (AvgIpc) is 2.58. The second-order valence-electron chi connectivity index (χ2n) is 5.70. The first-order chi connectivity index (χ1) is 11.1. The Balaban J connectivity index is 0.00000288. The zero-order valence-corrected chi connectivity index (χ0v) is 15.3. The molecule has 5 heteroatoms. The molecule has 0 saturated carbocycles. The third-order valence-electron chi connectivity index (χ3n) is 3.42. The van der Waals surface area contributed by atoms with E-state index >= 15 is 0 Å². The first-order valence-electron chi connectivity index (χ1n) is 7.88. The molecule has 2 aromatic rings. The number of hydrogen-bond acceptors (Lipinski definition) is 4. The molecular formula is C19H26ClN3O. The molecule has 1 N–H and O–H groups in total. The molecule has 0 bridgehead atoms. The van der Waals surface area contributed by atoms with Crippen LogP contribution >= 0.6 is 12.4 Å². The fraction of sp³-hybridized carbons (Fsp3) is 0.316. The summed E-state index contributed by atoms with van der Waals surface area (Å²) in [7, 11) is 4.14. The van der Waals surface area contributed by atoms with E-state index in [0.29, 0.717) is 0 Å². The van der Waals surface area contributed by atoms with Gasteiger partial charge in [-0.1, -0.05) is 18.2 Å². The second-order valence-corrected chi connectivity index (χ2v) is 5.70. The number of nitrogens with one attached hydrogen (secondary N) is 1. The molecule has 0 spiro atoms. The lowest BCUT2D eigenvalue weighted by Crippen LogP contribution is -2.15. The standard InChI is InChI=1S/C19H25N3O.ClH/c1-16(20-21-18-8-5-4-6-9-18)17-10-12-19(13-11-17)23-15-7-14-22(2)3;/h4-6,8-13,21H,7,14-15H2,1-3H3;1H/b20-16+;. The number of ether oxygens (including phenoxy) is 1. The molecule has 0 aliphatic heterocycles. The van der Waals surface area contributed by atoms with E-state index in [1.165, 1.54) is 0 Å². The average molecular weight is 348 g/mol. The zero-order valence-electron chi connectivity index (χ0n) is 14.5. The van der Waals surface area contributed by atoms with Crippen LogP contribution in [0.1, 0.15) is 18.9 Å². The predicted molar refractivity (Wildman–Crippen MR) is 105 cm³/mol. The molecule has 0 amide bonds. The van der Waals surface area contributed by atoms with E-state index in [2.05, 4.69) is 29.5 Å². The number of benzene rings is 2. The molecule has 2 rings (SSSR count). The number of hydrogen-bond donors (Lipinski definition) is 1. The molecule has 4 nitrogen and oxygen atoms in total. The topological polar surface area (TPSA) is 36.9 Å². The summed E-state index contributed by atoms with van der Waals surface area (Å²) in [6.07, 6.45) is 1.02. The highest BCUT2D eigenvalue weighted by Crippen LogP contribution is 2.14. The minimum atomic E-state index is 0. The molecule has 0 aliphatic rings. The van der Waals surface area contributed by atoms with Gasteiger partial charge in [0.25, 0.3) is 0 Å². The molecular weight excluding hydrogens is 322 g/mol. The van der Waals surface area contributed by atoms with Crippen LogP contribution < -0.4 is 10.2 Å². The van der Waals surface area contributed by atoms with Gasteiger partial charge in [0.15, 0.2) is 0 Å². The fourth-order valence-electron chi connectivity index (χ4n) is 2.09. The number of nitrogens with zero attached hydrogens (tertiary/aromatic N) is 2. The van der Waals surface area contributed by atoms with Crippen molar-refractivity contribution in [3.63, 3.8) is 0 Å². The van der Waals surface area contributed by atoms with E-state index in [1.807, 2.05) is 61.5 Å². The van der Waals surface area contributed by atoms with Gasteiger partial charge < -0.3 is 9.64 Å². The van der Waals surface area contributed by atoms with E-state index < -0.39 is 0 Å². The van der Waals surface area contributed by atoms with Crippen molar-refractivity contribution in [2.24, 2.45) is 5.10 Å². The monoisotopic (exact) mass is 347 g/mol. The lowest BCUT2D eigenvalue weighted by Gasteiger charge is -2.10. The molecule has 0 radical (unpaired) electrons. The van der Waals surface area contributed by atoms with E-state index in [9.17, 15) is 0 Å². The quantitative estimate of drug-likeness (QED) is 0.440. The Morgan fingerprint density at radius 1 is 1.04 bits per heavy atom. The summed E-state index contributed by atoms with van der Waals surface area (Å²) in [5, 5.41) is 4.41. The van der Waals surface area contributed by atoms with Crippen LogP contribution in [0.2, 0.25) is 0 Å². The van der Waals surface area contributed by atoms with Gasteiger partial charge in [0, 0.05) is 6.54 Å². The summed E-state index contributed by atoms with van der Waals surface area (Å²) in [4.78, 5) is 2.16. The van der Waals surface area contributed by atoms with Gasteiger partial charge in [-0.05, 0) is 69.4 Å². The summed E-state index contributed by atoms with van der Waals surface area (Å²) in [5.74, 6) is 0.899. The van der Waals surface area contributed by atoms with Crippen LogP contribution in [0, 0.1) is 0 Å². The molecule has 0 saturated heterocycles. The summed E-state index contributed by atoms with van der Waals surface area (Å²) < 4.78 is 5.74. The molecule has 0 atom stereocenters. The van der Waals surface area contributed by atoms with Gasteiger partial charge in [-0.2, -0.15) is 5.10 Å². The van der Waals surface area contributed by atoms with Crippen molar-refractivity contribution in [3.05, 3.63) is 60.2 Å². The third-order valence-corrected chi connectivity index (χ3v) is 3.42. The van der Waals surface area contributed by atoms with Gasteiger partial charge in [0.05, 0.1) is 18.0 Å². The Kier molecular flexibility index (Phi) is 8.90. The Hall–Kier alpha value is -2.04. The van der Waals surface area contributed by atoms with E-state index in [0.717, 1.165) is 42.3 Å². The van der Waals surface area contributed by atoms with Crippen molar-refractivity contribution >= 4 is 23.8 Å².